The maximum atomic E-state index is 12.2. The van der Waals surface area contributed by atoms with Gasteiger partial charge in [-0.15, -0.1) is 11.8 Å². The van der Waals surface area contributed by atoms with Gasteiger partial charge in [0.1, 0.15) is 5.75 Å². The lowest BCUT2D eigenvalue weighted by Crippen LogP contribution is -2.29. The summed E-state index contributed by atoms with van der Waals surface area (Å²) in [5, 5.41) is 18.9. The highest BCUT2D eigenvalue weighted by Gasteiger charge is 2.31. The predicted octanol–water partition coefficient (Wildman–Crippen LogP) is 9.93. The number of carboxylic acids is 2. The van der Waals surface area contributed by atoms with Crippen LogP contribution in [0.1, 0.15) is 115 Å². The SMILES string of the molecule is COc1cc(C(=O)O)ccc1CSC(c1ccccc1CCCCCCCCCCCCCCc1ccccc1)C(OC)C(=O)O. The van der Waals surface area contributed by atoms with Crippen LogP contribution >= 0.6 is 11.8 Å². The molecule has 0 aromatic heterocycles. The summed E-state index contributed by atoms with van der Waals surface area (Å²) in [4.78, 5) is 23.6. The largest absolute Gasteiger partial charge is 0.496 e. The van der Waals surface area contributed by atoms with E-state index >= 15 is 0 Å². The van der Waals surface area contributed by atoms with E-state index in [1.807, 2.05) is 18.2 Å². The summed E-state index contributed by atoms with van der Waals surface area (Å²) in [5.74, 6) is -1.11. The fourth-order valence-corrected chi connectivity index (χ4v) is 7.38. The number of hydrogen-bond donors (Lipinski definition) is 2. The zero-order chi connectivity index (χ0) is 33.0. The summed E-state index contributed by atoms with van der Waals surface area (Å²) in [6, 6.07) is 23.6. The number of aromatic carboxylic acids is 1. The molecule has 3 aromatic rings. The standard InChI is InChI=1S/C39H52O6S/c1-44-35-28-32(38(40)41)26-27-33(35)29-46-37(36(45-2)39(42)43)34-25-19-18-24-31(34)23-17-12-10-8-6-4-3-5-7-9-11-14-20-30-21-15-13-16-22-30/h13,15-16,18-19,21-22,24-28,36-37H,3-12,14,17,20,23,29H2,1-2H3,(H,40,41)(H,42,43). The lowest BCUT2D eigenvalue weighted by Gasteiger charge is -2.25. The summed E-state index contributed by atoms with van der Waals surface area (Å²) in [6.07, 6.45) is 16.4. The maximum Gasteiger partial charge on any atom is 0.335 e. The van der Waals surface area contributed by atoms with E-state index in [2.05, 4.69) is 36.4 Å². The molecule has 0 saturated carbocycles. The number of rotatable bonds is 24. The Bertz CT molecular complexity index is 1310. The zero-order valence-electron chi connectivity index (χ0n) is 27.6. The van der Waals surface area contributed by atoms with Crippen LogP contribution in [0.4, 0.5) is 0 Å². The van der Waals surface area contributed by atoms with E-state index in [9.17, 15) is 19.8 Å². The van der Waals surface area contributed by atoms with Crippen LogP contribution in [0.25, 0.3) is 0 Å². The van der Waals surface area contributed by atoms with Gasteiger partial charge in [0, 0.05) is 18.4 Å². The predicted molar refractivity (Wildman–Crippen MR) is 188 cm³/mol. The third-order valence-electron chi connectivity index (χ3n) is 8.59. The number of thioether (sulfide) groups is 1. The first-order chi connectivity index (χ1) is 22.4. The van der Waals surface area contributed by atoms with Crippen LogP contribution in [0.3, 0.4) is 0 Å². The fraction of sp³-hybridized carbons (Fsp3) is 0.487. The Labute approximate surface area is 279 Å². The van der Waals surface area contributed by atoms with E-state index in [0.717, 1.165) is 36.0 Å². The molecule has 7 heteroatoms. The molecule has 0 bridgehead atoms. The normalized spacial score (nSPS) is 12.5. The Balaban J connectivity index is 1.40. The molecule has 0 aliphatic carbocycles. The van der Waals surface area contributed by atoms with Crippen molar-refractivity contribution < 1.29 is 29.3 Å². The summed E-state index contributed by atoms with van der Waals surface area (Å²) >= 11 is 1.47. The molecule has 0 aliphatic heterocycles. The molecule has 0 amide bonds. The third kappa shape index (κ3) is 12.8. The van der Waals surface area contributed by atoms with Crippen molar-refractivity contribution in [1.82, 2.24) is 0 Å². The summed E-state index contributed by atoms with van der Waals surface area (Å²) in [6.45, 7) is 0. The van der Waals surface area contributed by atoms with E-state index in [1.54, 1.807) is 12.1 Å². The first-order valence-corrected chi connectivity index (χ1v) is 17.9. The highest BCUT2D eigenvalue weighted by atomic mass is 32.2. The molecule has 3 aromatic carbocycles. The van der Waals surface area contributed by atoms with Crippen molar-refractivity contribution in [3.63, 3.8) is 0 Å². The Morgan fingerprint density at radius 2 is 1.24 bits per heavy atom. The number of unbranched alkanes of at least 4 members (excludes halogenated alkanes) is 11. The van der Waals surface area contributed by atoms with Gasteiger partial charge in [-0.05, 0) is 54.5 Å². The molecule has 2 atom stereocenters. The Hall–Kier alpha value is -3.29. The highest BCUT2D eigenvalue weighted by molar-refractivity contribution is 7.98. The molecule has 0 fully saturated rings. The van der Waals surface area contributed by atoms with E-state index < -0.39 is 23.3 Å². The average Bonchev–Trinajstić information content (AvgIpc) is 3.07. The first kappa shape index (κ1) is 37.2. The maximum absolute atomic E-state index is 12.2. The monoisotopic (exact) mass is 648 g/mol. The molecule has 250 valence electrons. The molecule has 0 radical (unpaired) electrons. The number of ether oxygens (including phenoxy) is 2. The quantitative estimate of drug-likeness (QED) is 0.0934. The van der Waals surface area contributed by atoms with E-state index in [0.29, 0.717) is 11.5 Å². The molecule has 0 heterocycles. The molecule has 46 heavy (non-hydrogen) atoms. The number of hydrogen-bond acceptors (Lipinski definition) is 5. The van der Waals surface area contributed by atoms with Gasteiger partial charge in [-0.3, -0.25) is 0 Å². The molecule has 2 N–H and O–H groups in total. The number of benzene rings is 3. The van der Waals surface area contributed by atoms with Gasteiger partial charge in [-0.2, -0.15) is 0 Å². The Kier molecular flexibility index (Phi) is 17.4. The summed E-state index contributed by atoms with van der Waals surface area (Å²) < 4.78 is 10.9. The van der Waals surface area contributed by atoms with Crippen molar-refractivity contribution in [1.29, 1.82) is 0 Å². The van der Waals surface area contributed by atoms with Crippen LogP contribution in [0, 0.1) is 0 Å². The molecular weight excluding hydrogens is 596 g/mol. The minimum Gasteiger partial charge on any atom is -0.496 e. The summed E-state index contributed by atoms with van der Waals surface area (Å²) in [7, 11) is 2.94. The van der Waals surface area contributed by atoms with Crippen LogP contribution in [0.15, 0.2) is 72.8 Å². The lowest BCUT2D eigenvalue weighted by atomic mass is 9.96. The van der Waals surface area contributed by atoms with Crippen LogP contribution in [-0.4, -0.2) is 42.5 Å². The second-order valence-corrected chi connectivity index (χ2v) is 13.1. The van der Waals surface area contributed by atoms with Crippen LogP contribution < -0.4 is 4.74 Å². The van der Waals surface area contributed by atoms with Crippen LogP contribution in [0.5, 0.6) is 5.75 Å². The smallest absolute Gasteiger partial charge is 0.335 e. The highest BCUT2D eigenvalue weighted by Crippen LogP contribution is 2.40. The molecule has 3 rings (SSSR count). The van der Waals surface area contributed by atoms with Crippen molar-refractivity contribution in [2.75, 3.05) is 14.2 Å². The van der Waals surface area contributed by atoms with Gasteiger partial charge >= 0.3 is 11.9 Å². The number of carbonyl (C=O) groups is 2. The topological polar surface area (TPSA) is 93.1 Å². The number of carboxylic acid groups (broad SMARTS) is 2. The van der Waals surface area contributed by atoms with E-state index in [-0.39, 0.29) is 5.56 Å². The Morgan fingerprint density at radius 3 is 1.80 bits per heavy atom. The van der Waals surface area contributed by atoms with Crippen molar-refractivity contribution in [2.45, 2.75) is 107 Å². The van der Waals surface area contributed by atoms with Gasteiger partial charge in [0.25, 0.3) is 0 Å². The van der Waals surface area contributed by atoms with Crippen molar-refractivity contribution in [3.8, 4) is 5.75 Å². The van der Waals surface area contributed by atoms with Gasteiger partial charge in [0.15, 0.2) is 6.10 Å². The number of aliphatic carboxylic acids is 1. The molecule has 0 spiro atoms. The molecule has 0 aliphatic rings. The van der Waals surface area contributed by atoms with Crippen molar-refractivity contribution >= 4 is 23.7 Å². The van der Waals surface area contributed by atoms with E-state index in [1.165, 1.54) is 108 Å². The van der Waals surface area contributed by atoms with Crippen molar-refractivity contribution in [2.24, 2.45) is 0 Å². The zero-order valence-corrected chi connectivity index (χ0v) is 28.4. The first-order valence-electron chi connectivity index (χ1n) is 16.8. The average molecular weight is 649 g/mol. The van der Waals surface area contributed by atoms with Crippen molar-refractivity contribution in [3.05, 3.63) is 101 Å². The minimum absolute atomic E-state index is 0.147. The lowest BCUT2D eigenvalue weighted by molar-refractivity contribution is -0.148. The van der Waals surface area contributed by atoms with Gasteiger partial charge in [-0.25, -0.2) is 9.59 Å². The molecule has 2 unspecified atom stereocenters. The molecular formula is C39H52O6S. The summed E-state index contributed by atoms with van der Waals surface area (Å²) in [5.41, 5.74) is 4.53. The van der Waals surface area contributed by atoms with Crippen LogP contribution in [0.2, 0.25) is 0 Å². The third-order valence-corrected chi connectivity index (χ3v) is 9.93. The number of aryl methyl sites for hydroxylation is 2. The van der Waals surface area contributed by atoms with Gasteiger partial charge < -0.3 is 19.7 Å². The van der Waals surface area contributed by atoms with E-state index in [4.69, 9.17) is 9.47 Å². The Morgan fingerprint density at radius 1 is 0.674 bits per heavy atom. The second kappa shape index (κ2) is 21.5. The molecule has 6 nitrogen and oxygen atoms in total. The number of methoxy groups -OCH3 is 2. The van der Waals surface area contributed by atoms with Gasteiger partial charge in [-0.1, -0.05) is 125 Å². The molecule has 0 saturated heterocycles. The second-order valence-electron chi connectivity index (χ2n) is 12.0. The van der Waals surface area contributed by atoms with Gasteiger partial charge in [0.2, 0.25) is 0 Å². The minimum atomic E-state index is -1.02. The van der Waals surface area contributed by atoms with Crippen LogP contribution in [-0.2, 0) is 28.1 Å². The fourth-order valence-electron chi connectivity index (χ4n) is 5.97. The van der Waals surface area contributed by atoms with Gasteiger partial charge in [0.05, 0.1) is 17.9 Å².